The van der Waals surface area contributed by atoms with E-state index in [2.05, 4.69) is 9.62 Å². The first-order valence-corrected chi connectivity index (χ1v) is 14.6. The predicted octanol–water partition coefficient (Wildman–Crippen LogP) is 1.62. The second kappa shape index (κ2) is 10.4. The van der Waals surface area contributed by atoms with Crippen LogP contribution in [-0.2, 0) is 26.3 Å². The van der Waals surface area contributed by atoms with Crippen LogP contribution < -0.4 is 9.86 Å². The summed E-state index contributed by atoms with van der Waals surface area (Å²) in [5.41, 5.74) is 0.867. The minimum Gasteiger partial charge on any atom is -0.477 e. The third kappa shape index (κ3) is 5.41. The number of hydrogen-bond acceptors (Lipinski definition) is 7. The number of benzene rings is 1. The summed E-state index contributed by atoms with van der Waals surface area (Å²) in [7, 11) is -3.89. The number of fused-ring (bicyclic) bond motifs is 1. The first-order valence-electron chi connectivity index (χ1n) is 11.4. The fraction of sp³-hybridized carbons (Fsp3) is 0.545. The summed E-state index contributed by atoms with van der Waals surface area (Å²) in [6.07, 6.45) is -0.307. The van der Waals surface area contributed by atoms with Gasteiger partial charge in [0.2, 0.25) is 5.91 Å². The molecule has 3 heterocycles. The summed E-state index contributed by atoms with van der Waals surface area (Å²) < 4.78 is 25.4. The highest BCUT2D eigenvalue weighted by Crippen LogP contribution is 2.52. The van der Waals surface area contributed by atoms with Crippen molar-refractivity contribution in [1.82, 2.24) is 14.5 Å². The number of carboxylic acids is 1. The van der Waals surface area contributed by atoms with Gasteiger partial charge >= 0.3 is 5.97 Å². The summed E-state index contributed by atoms with van der Waals surface area (Å²) in [5, 5.41) is 25.9. The number of halogens is 2. The van der Waals surface area contributed by atoms with Crippen molar-refractivity contribution in [3.8, 4) is 0 Å². The van der Waals surface area contributed by atoms with Gasteiger partial charge in [0.05, 0.1) is 28.1 Å². The normalized spacial score (nSPS) is 29.4. The number of hydrogen-bond donors (Lipinski definition) is 4. The quantitative estimate of drug-likeness (QED) is 0.322. The number of aliphatic carboxylic acids is 1. The van der Waals surface area contributed by atoms with E-state index in [1.165, 1.54) is 16.7 Å². The fourth-order valence-corrected chi connectivity index (χ4v) is 7.71. The molecule has 0 aromatic heterocycles. The van der Waals surface area contributed by atoms with Crippen LogP contribution in [0.3, 0.4) is 0 Å². The molecule has 3 aliphatic rings. The minimum atomic E-state index is -3.89. The summed E-state index contributed by atoms with van der Waals surface area (Å²) in [4.78, 5) is 28.7. The van der Waals surface area contributed by atoms with Gasteiger partial charge < -0.3 is 15.1 Å². The molecular weight excluding hydrogens is 551 g/mol. The molecule has 0 unspecified atom stereocenters. The summed E-state index contributed by atoms with van der Waals surface area (Å²) in [6.45, 7) is 4.53. The highest BCUT2D eigenvalue weighted by atomic mass is 35.5. The van der Waals surface area contributed by atoms with Crippen molar-refractivity contribution < 1.29 is 28.2 Å². The lowest BCUT2D eigenvalue weighted by atomic mass is 9.79. The molecule has 1 aromatic rings. The maximum absolute atomic E-state index is 12.6. The SMILES string of the molecule is C[C@@H](O)[C@H]1C(=O)N2C(C(=O)O)=C(S[C@H]3C[C@@H](CNS(N)(=O)=O)N(Cc4ccc(Cl)c(Cl)c4)C3)[C@H](C)[C@H]12. The summed E-state index contributed by atoms with van der Waals surface area (Å²) >= 11 is 13.6. The number of carbonyl (C=O) groups is 2. The van der Waals surface area contributed by atoms with Crippen molar-refractivity contribution in [2.45, 2.75) is 50.3 Å². The molecule has 10 nitrogen and oxygen atoms in total. The molecule has 0 aliphatic carbocycles. The van der Waals surface area contributed by atoms with Gasteiger partial charge in [0, 0.05) is 41.7 Å². The number of thioether (sulfide) groups is 1. The number of rotatable bonds is 9. The molecule has 1 aromatic carbocycles. The van der Waals surface area contributed by atoms with Crippen LogP contribution in [0.15, 0.2) is 28.8 Å². The molecule has 1 amide bonds. The Morgan fingerprint density at radius 3 is 2.61 bits per heavy atom. The lowest BCUT2D eigenvalue weighted by molar-refractivity contribution is -0.163. The molecule has 0 saturated carbocycles. The van der Waals surface area contributed by atoms with Gasteiger partial charge in [0.1, 0.15) is 5.70 Å². The summed E-state index contributed by atoms with van der Waals surface area (Å²) in [6, 6.07) is 4.70. The largest absolute Gasteiger partial charge is 0.477 e. The number of carboxylic acid groups (broad SMARTS) is 1. The molecule has 2 saturated heterocycles. The fourth-order valence-electron chi connectivity index (χ4n) is 5.37. The second-order valence-corrected chi connectivity index (χ2v) is 13.0. The highest BCUT2D eigenvalue weighted by molar-refractivity contribution is 8.03. The van der Waals surface area contributed by atoms with Gasteiger partial charge in [-0.1, -0.05) is 36.2 Å². The lowest BCUT2D eigenvalue weighted by Gasteiger charge is -2.46. The number of amides is 1. The third-order valence-electron chi connectivity index (χ3n) is 6.98. The average Bonchev–Trinajstić information content (AvgIpc) is 3.25. The number of carbonyl (C=O) groups excluding carboxylic acids is 1. The number of nitrogens with two attached hydrogens (primary N) is 1. The molecule has 4 rings (SSSR count). The van der Waals surface area contributed by atoms with Crippen molar-refractivity contribution in [3.05, 3.63) is 44.4 Å². The van der Waals surface area contributed by atoms with Gasteiger partial charge in [-0.05, 0) is 31.0 Å². The molecule has 3 aliphatic heterocycles. The van der Waals surface area contributed by atoms with E-state index in [0.717, 1.165) is 5.56 Å². The van der Waals surface area contributed by atoms with Crippen LogP contribution in [-0.4, -0.2) is 76.8 Å². The van der Waals surface area contributed by atoms with E-state index in [-0.39, 0.29) is 41.4 Å². The Morgan fingerprint density at radius 2 is 2.03 bits per heavy atom. The van der Waals surface area contributed by atoms with Crippen LogP contribution in [0, 0.1) is 11.8 Å². The number of β-lactam (4-membered cyclic amide) rings is 1. The number of aliphatic hydroxyl groups excluding tert-OH is 1. The van der Waals surface area contributed by atoms with E-state index in [0.29, 0.717) is 34.5 Å². The first-order chi connectivity index (χ1) is 16.8. The van der Waals surface area contributed by atoms with Gasteiger partial charge in [-0.25, -0.2) is 14.7 Å². The Labute approximate surface area is 224 Å². The number of nitrogens with zero attached hydrogens (tertiary/aromatic N) is 2. The standard InChI is InChI=1S/C22H28Cl2N4O6S2/c1-10-18-17(11(2)29)21(30)28(18)19(22(31)32)20(10)35-14-6-13(7-26-36(25,33)34)27(9-14)8-12-3-4-15(23)16(24)5-12/h3-5,10-11,13-14,17-18,26,29H,6-9H2,1-2H3,(H,31,32)(H2,25,33,34)/t10-,11-,13+,14+,17-,18-/m1/s1. The first kappa shape index (κ1) is 27.6. The molecule has 198 valence electrons. The Kier molecular flexibility index (Phi) is 8.00. The Balaban J connectivity index is 1.55. The Bertz CT molecular complexity index is 1210. The van der Waals surface area contributed by atoms with Crippen LogP contribution in [0.1, 0.15) is 25.8 Å². The molecule has 0 spiro atoms. The number of likely N-dealkylation sites (tertiary alicyclic amines) is 1. The van der Waals surface area contributed by atoms with E-state index >= 15 is 0 Å². The van der Waals surface area contributed by atoms with Gasteiger partial charge in [0.15, 0.2) is 0 Å². The topological polar surface area (TPSA) is 153 Å². The average molecular weight is 580 g/mol. The minimum absolute atomic E-state index is 0.0263. The monoisotopic (exact) mass is 578 g/mol. The summed E-state index contributed by atoms with van der Waals surface area (Å²) in [5.74, 6) is -2.43. The van der Waals surface area contributed by atoms with E-state index in [4.69, 9.17) is 28.3 Å². The lowest BCUT2D eigenvalue weighted by Crippen LogP contribution is -2.63. The van der Waals surface area contributed by atoms with Crippen LogP contribution in [0.25, 0.3) is 0 Å². The zero-order valence-corrected chi connectivity index (χ0v) is 22.7. The van der Waals surface area contributed by atoms with E-state index in [1.807, 2.05) is 13.0 Å². The van der Waals surface area contributed by atoms with Gasteiger partial charge in [0.25, 0.3) is 10.2 Å². The highest BCUT2D eigenvalue weighted by Gasteiger charge is 2.60. The van der Waals surface area contributed by atoms with E-state index in [9.17, 15) is 28.2 Å². The van der Waals surface area contributed by atoms with E-state index in [1.54, 1.807) is 19.1 Å². The zero-order chi connectivity index (χ0) is 26.5. The van der Waals surface area contributed by atoms with Crippen LogP contribution in [0.2, 0.25) is 10.0 Å². The van der Waals surface area contributed by atoms with Crippen molar-refractivity contribution in [2.75, 3.05) is 13.1 Å². The molecule has 5 N–H and O–H groups in total. The maximum Gasteiger partial charge on any atom is 0.353 e. The molecule has 2 fully saturated rings. The Morgan fingerprint density at radius 1 is 1.33 bits per heavy atom. The predicted molar refractivity (Wildman–Crippen MR) is 137 cm³/mol. The molecule has 0 bridgehead atoms. The number of nitrogens with one attached hydrogen (secondary N) is 1. The van der Waals surface area contributed by atoms with Crippen LogP contribution in [0.5, 0.6) is 0 Å². The van der Waals surface area contributed by atoms with Gasteiger partial charge in [-0.2, -0.15) is 8.42 Å². The Hall–Kier alpha value is -1.38. The molecule has 0 radical (unpaired) electrons. The van der Waals surface area contributed by atoms with Crippen LogP contribution >= 0.6 is 35.0 Å². The van der Waals surface area contributed by atoms with Gasteiger partial charge in [-0.3, -0.25) is 9.69 Å². The number of aliphatic hydroxyl groups is 1. The zero-order valence-electron chi connectivity index (χ0n) is 19.6. The molecule has 6 atom stereocenters. The third-order valence-corrected chi connectivity index (χ3v) is 9.79. The van der Waals surface area contributed by atoms with Crippen molar-refractivity contribution in [3.63, 3.8) is 0 Å². The molecular formula is C22H28Cl2N4O6S2. The second-order valence-electron chi connectivity index (χ2n) is 9.47. The van der Waals surface area contributed by atoms with Gasteiger partial charge in [-0.15, -0.1) is 11.8 Å². The van der Waals surface area contributed by atoms with Crippen molar-refractivity contribution in [2.24, 2.45) is 17.0 Å². The van der Waals surface area contributed by atoms with Crippen molar-refractivity contribution in [1.29, 1.82) is 0 Å². The maximum atomic E-state index is 12.6. The van der Waals surface area contributed by atoms with E-state index < -0.39 is 28.2 Å². The smallest absolute Gasteiger partial charge is 0.353 e. The molecule has 14 heteroatoms. The van der Waals surface area contributed by atoms with Crippen molar-refractivity contribution >= 4 is 57.0 Å². The molecule has 36 heavy (non-hydrogen) atoms. The van der Waals surface area contributed by atoms with Crippen LogP contribution in [0.4, 0.5) is 0 Å².